The molecule has 2 aromatic rings. The minimum Gasteiger partial charge on any atom is -0.493 e. The Labute approximate surface area is 160 Å². The average Bonchev–Trinajstić information content (AvgIpc) is 3.04. The second kappa shape index (κ2) is 8.04. The Morgan fingerprint density at radius 3 is 2.37 bits per heavy atom. The van der Waals surface area contributed by atoms with E-state index in [1.54, 1.807) is 41.5 Å². The van der Waals surface area contributed by atoms with Crippen LogP contribution in [0.1, 0.15) is 32.1 Å². The molecule has 8 heteroatoms. The number of carbonyl (C=O) groups is 1. The van der Waals surface area contributed by atoms with Gasteiger partial charge in [-0.1, -0.05) is 26.8 Å². The van der Waals surface area contributed by atoms with E-state index in [0.717, 1.165) is 6.26 Å². The Balaban J connectivity index is 2.33. The largest absolute Gasteiger partial charge is 0.493 e. The number of ether oxygens (including phenoxy) is 1. The molecule has 27 heavy (non-hydrogen) atoms. The van der Waals surface area contributed by atoms with E-state index < -0.39 is 15.5 Å². The van der Waals surface area contributed by atoms with Crippen LogP contribution in [0, 0.1) is 5.41 Å². The van der Waals surface area contributed by atoms with E-state index in [4.69, 9.17) is 13.3 Å². The lowest BCUT2D eigenvalue weighted by molar-refractivity contribution is -0.141. The number of rotatable bonds is 7. The lowest BCUT2D eigenvalue weighted by Crippen LogP contribution is -2.38. The van der Waals surface area contributed by atoms with Gasteiger partial charge in [0.15, 0.2) is 11.5 Å². The van der Waals surface area contributed by atoms with Gasteiger partial charge in [-0.2, -0.15) is 8.42 Å². The minimum absolute atomic E-state index is 0.0553. The highest BCUT2D eigenvalue weighted by molar-refractivity contribution is 7.86. The average molecular weight is 395 g/mol. The highest BCUT2D eigenvalue weighted by atomic mass is 32.2. The van der Waals surface area contributed by atoms with Crippen LogP contribution in [0.4, 0.5) is 0 Å². The number of hydrogen-bond acceptors (Lipinski definition) is 6. The van der Waals surface area contributed by atoms with Gasteiger partial charge in [0.25, 0.3) is 0 Å². The van der Waals surface area contributed by atoms with E-state index in [1.165, 1.54) is 7.11 Å². The smallest absolute Gasteiger partial charge is 0.306 e. The van der Waals surface area contributed by atoms with E-state index in [1.807, 2.05) is 20.8 Å². The van der Waals surface area contributed by atoms with Crippen LogP contribution in [0.2, 0.25) is 0 Å². The first-order valence-electron chi connectivity index (χ1n) is 8.38. The maximum atomic E-state index is 12.9. The molecule has 0 aliphatic carbocycles. The predicted molar refractivity (Wildman–Crippen MR) is 101 cm³/mol. The standard InChI is InChI=1S/C19H25NO6S/c1-19(2,3)18(21)20(13-15-7-6-10-25-15)12-14-8-9-16(24-4)17(11-14)26-27(5,22)23/h6-11H,12-13H2,1-5H3. The molecular weight excluding hydrogens is 370 g/mol. The molecule has 1 aromatic heterocycles. The van der Waals surface area contributed by atoms with Gasteiger partial charge in [0.05, 0.1) is 26.2 Å². The summed E-state index contributed by atoms with van der Waals surface area (Å²) in [7, 11) is -2.28. The Morgan fingerprint density at radius 1 is 1.15 bits per heavy atom. The third kappa shape index (κ3) is 6.02. The Hall–Kier alpha value is -2.48. The van der Waals surface area contributed by atoms with Gasteiger partial charge in [-0.05, 0) is 29.8 Å². The third-order valence-corrected chi connectivity index (χ3v) is 4.18. The first-order chi connectivity index (χ1) is 12.5. The van der Waals surface area contributed by atoms with Crippen LogP contribution in [0.25, 0.3) is 0 Å². The number of furan rings is 1. The number of hydrogen-bond donors (Lipinski definition) is 0. The van der Waals surface area contributed by atoms with Crippen LogP contribution in [0.3, 0.4) is 0 Å². The Morgan fingerprint density at radius 2 is 1.85 bits per heavy atom. The van der Waals surface area contributed by atoms with Gasteiger partial charge in [-0.3, -0.25) is 4.79 Å². The first kappa shape index (κ1) is 20.8. The molecule has 0 aliphatic heterocycles. The fraction of sp³-hybridized carbons (Fsp3) is 0.421. The van der Waals surface area contributed by atoms with Gasteiger partial charge in [-0.15, -0.1) is 0 Å². The molecule has 2 rings (SSSR count). The summed E-state index contributed by atoms with van der Waals surface area (Å²) in [6.07, 6.45) is 2.52. The highest BCUT2D eigenvalue weighted by Crippen LogP contribution is 2.30. The van der Waals surface area contributed by atoms with Crippen LogP contribution >= 0.6 is 0 Å². The lowest BCUT2D eigenvalue weighted by atomic mass is 9.94. The zero-order valence-electron chi connectivity index (χ0n) is 16.2. The normalized spacial score (nSPS) is 11.9. The molecule has 1 heterocycles. The number of methoxy groups -OCH3 is 1. The zero-order chi connectivity index (χ0) is 20.2. The molecule has 0 saturated heterocycles. The van der Waals surface area contributed by atoms with Crippen molar-refractivity contribution >= 4 is 16.0 Å². The van der Waals surface area contributed by atoms with Crippen molar-refractivity contribution in [1.82, 2.24) is 4.90 Å². The first-order valence-corrected chi connectivity index (χ1v) is 10.2. The molecule has 0 unspecified atom stereocenters. The second-order valence-electron chi connectivity index (χ2n) is 7.26. The van der Waals surface area contributed by atoms with Crippen molar-refractivity contribution in [3.05, 3.63) is 47.9 Å². The summed E-state index contributed by atoms with van der Waals surface area (Å²) in [5.74, 6) is 0.983. The van der Waals surface area contributed by atoms with Gasteiger partial charge in [0.1, 0.15) is 5.76 Å². The molecule has 148 valence electrons. The predicted octanol–water partition coefficient (Wildman–Crippen LogP) is 3.20. The summed E-state index contributed by atoms with van der Waals surface area (Å²) < 4.78 is 38.5. The third-order valence-electron chi connectivity index (χ3n) is 3.70. The SMILES string of the molecule is COc1ccc(CN(Cc2ccco2)C(=O)C(C)(C)C)cc1OS(C)(=O)=O. The molecule has 0 radical (unpaired) electrons. The molecule has 0 atom stereocenters. The van der Waals surface area contributed by atoms with Crippen LogP contribution in [-0.4, -0.2) is 32.6 Å². The van der Waals surface area contributed by atoms with Gasteiger partial charge in [0, 0.05) is 12.0 Å². The number of amides is 1. The summed E-state index contributed by atoms with van der Waals surface area (Å²) in [5, 5.41) is 0. The van der Waals surface area contributed by atoms with Crippen molar-refractivity contribution in [2.45, 2.75) is 33.9 Å². The second-order valence-corrected chi connectivity index (χ2v) is 8.84. The molecule has 0 fully saturated rings. The van der Waals surface area contributed by atoms with Crippen molar-refractivity contribution < 1.29 is 26.5 Å². The van der Waals surface area contributed by atoms with Crippen LogP contribution < -0.4 is 8.92 Å². The maximum absolute atomic E-state index is 12.9. The fourth-order valence-corrected chi connectivity index (χ4v) is 2.99. The van der Waals surface area contributed by atoms with Crippen molar-refractivity contribution in [3.8, 4) is 11.5 Å². The number of carbonyl (C=O) groups excluding carboxylic acids is 1. The van der Waals surface area contributed by atoms with Crippen molar-refractivity contribution in [3.63, 3.8) is 0 Å². The van der Waals surface area contributed by atoms with Gasteiger partial charge in [-0.25, -0.2) is 0 Å². The molecular formula is C19H25NO6S. The quantitative estimate of drug-likeness (QED) is 0.669. The molecule has 1 aromatic carbocycles. The van der Waals surface area contributed by atoms with Gasteiger partial charge >= 0.3 is 10.1 Å². The van der Waals surface area contributed by atoms with E-state index in [9.17, 15) is 13.2 Å². The molecule has 0 bridgehead atoms. The summed E-state index contributed by atoms with van der Waals surface area (Å²) in [6, 6.07) is 8.50. The molecule has 7 nitrogen and oxygen atoms in total. The van der Waals surface area contributed by atoms with E-state index >= 15 is 0 Å². The van der Waals surface area contributed by atoms with E-state index in [0.29, 0.717) is 23.6 Å². The van der Waals surface area contributed by atoms with E-state index in [-0.39, 0.29) is 18.2 Å². The topological polar surface area (TPSA) is 86.0 Å². The Kier molecular flexibility index (Phi) is 6.20. The molecule has 0 N–H and O–H groups in total. The molecule has 0 saturated carbocycles. The molecule has 0 spiro atoms. The summed E-state index contributed by atoms with van der Waals surface area (Å²) in [4.78, 5) is 14.5. The van der Waals surface area contributed by atoms with Crippen LogP contribution in [0.15, 0.2) is 41.0 Å². The molecule has 1 amide bonds. The summed E-state index contributed by atoms with van der Waals surface area (Å²) in [6.45, 7) is 6.10. The number of nitrogens with zero attached hydrogens (tertiary/aromatic N) is 1. The summed E-state index contributed by atoms with van der Waals surface area (Å²) >= 11 is 0. The van der Waals surface area contributed by atoms with E-state index in [2.05, 4.69) is 0 Å². The van der Waals surface area contributed by atoms with Crippen molar-refractivity contribution in [2.75, 3.05) is 13.4 Å². The highest BCUT2D eigenvalue weighted by Gasteiger charge is 2.28. The van der Waals surface area contributed by atoms with Crippen LogP contribution in [-0.2, 0) is 28.0 Å². The van der Waals surface area contributed by atoms with Crippen LogP contribution in [0.5, 0.6) is 11.5 Å². The summed E-state index contributed by atoms with van der Waals surface area (Å²) in [5.41, 5.74) is 0.129. The van der Waals surface area contributed by atoms with Gasteiger partial charge in [0.2, 0.25) is 5.91 Å². The zero-order valence-corrected chi connectivity index (χ0v) is 17.0. The maximum Gasteiger partial charge on any atom is 0.306 e. The van der Waals surface area contributed by atoms with Crippen molar-refractivity contribution in [1.29, 1.82) is 0 Å². The molecule has 0 aliphatic rings. The van der Waals surface area contributed by atoms with Crippen molar-refractivity contribution in [2.24, 2.45) is 5.41 Å². The number of benzene rings is 1. The minimum atomic E-state index is -3.71. The Bertz CT molecular complexity index is 881. The fourth-order valence-electron chi connectivity index (χ4n) is 2.53. The van der Waals surface area contributed by atoms with Gasteiger partial charge < -0.3 is 18.2 Å². The monoisotopic (exact) mass is 395 g/mol. The lowest BCUT2D eigenvalue weighted by Gasteiger charge is -2.29.